The SMILES string of the molecule is N[C@H](CO)c1ccc[cH-]1. The van der Waals surface area contributed by atoms with Crippen molar-refractivity contribution in [3.8, 4) is 0 Å². The van der Waals surface area contributed by atoms with Gasteiger partial charge in [0.15, 0.2) is 0 Å². The normalized spacial score (nSPS) is 13.6. The smallest absolute Gasteiger partial charge is 0.0603 e. The molecule has 9 heavy (non-hydrogen) atoms. The van der Waals surface area contributed by atoms with E-state index in [1.807, 2.05) is 24.3 Å². The molecule has 0 aromatic heterocycles. The van der Waals surface area contributed by atoms with Gasteiger partial charge in [-0.05, 0) is 0 Å². The lowest BCUT2D eigenvalue weighted by Crippen LogP contribution is -2.13. The van der Waals surface area contributed by atoms with E-state index in [1.165, 1.54) is 0 Å². The number of nitrogens with two attached hydrogens (primary N) is 1. The van der Waals surface area contributed by atoms with E-state index < -0.39 is 0 Å². The monoisotopic (exact) mass is 124 g/mol. The van der Waals surface area contributed by atoms with Crippen molar-refractivity contribution in [1.29, 1.82) is 0 Å². The highest BCUT2D eigenvalue weighted by Gasteiger charge is 1.95. The zero-order valence-corrected chi connectivity index (χ0v) is 5.12. The molecular formula is C7H10NO-. The molecule has 0 saturated carbocycles. The molecule has 0 aliphatic rings. The Morgan fingerprint density at radius 2 is 2.56 bits per heavy atom. The number of aliphatic hydroxyl groups excluding tert-OH is 1. The summed E-state index contributed by atoms with van der Waals surface area (Å²) in [7, 11) is 0. The summed E-state index contributed by atoms with van der Waals surface area (Å²) in [5.41, 5.74) is 6.49. The van der Waals surface area contributed by atoms with Crippen LogP contribution in [0.5, 0.6) is 0 Å². The van der Waals surface area contributed by atoms with Gasteiger partial charge in [-0.1, -0.05) is 0 Å². The molecule has 0 radical (unpaired) electrons. The van der Waals surface area contributed by atoms with Gasteiger partial charge in [0.05, 0.1) is 6.61 Å². The summed E-state index contributed by atoms with van der Waals surface area (Å²) in [6, 6.07) is 7.41. The van der Waals surface area contributed by atoms with Crippen molar-refractivity contribution in [3.63, 3.8) is 0 Å². The molecular weight excluding hydrogens is 114 g/mol. The first-order valence-corrected chi connectivity index (χ1v) is 2.92. The third-order valence-electron chi connectivity index (χ3n) is 1.31. The summed E-state index contributed by atoms with van der Waals surface area (Å²) < 4.78 is 0. The molecule has 0 fully saturated rings. The molecule has 2 nitrogen and oxygen atoms in total. The van der Waals surface area contributed by atoms with Crippen molar-refractivity contribution >= 4 is 0 Å². The highest BCUT2D eigenvalue weighted by molar-refractivity contribution is 5.19. The number of hydrogen-bond acceptors (Lipinski definition) is 2. The molecule has 50 valence electrons. The van der Waals surface area contributed by atoms with Crippen LogP contribution in [0.4, 0.5) is 0 Å². The third-order valence-corrected chi connectivity index (χ3v) is 1.31. The zero-order chi connectivity index (χ0) is 6.69. The molecule has 0 spiro atoms. The van der Waals surface area contributed by atoms with Crippen LogP contribution in [0.3, 0.4) is 0 Å². The van der Waals surface area contributed by atoms with Crippen molar-refractivity contribution in [3.05, 3.63) is 29.8 Å². The maximum absolute atomic E-state index is 8.58. The summed E-state index contributed by atoms with van der Waals surface area (Å²) >= 11 is 0. The van der Waals surface area contributed by atoms with E-state index in [9.17, 15) is 0 Å². The molecule has 3 N–H and O–H groups in total. The van der Waals surface area contributed by atoms with Crippen LogP contribution in [-0.4, -0.2) is 11.7 Å². The zero-order valence-electron chi connectivity index (χ0n) is 5.12. The van der Waals surface area contributed by atoms with Crippen LogP contribution in [0.1, 0.15) is 11.6 Å². The van der Waals surface area contributed by atoms with E-state index in [-0.39, 0.29) is 12.6 Å². The molecule has 1 rings (SSSR count). The maximum atomic E-state index is 8.58. The van der Waals surface area contributed by atoms with E-state index in [0.717, 1.165) is 5.56 Å². The maximum Gasteiger partial charge on any atom is 0.0603 e. The molecule has 0 aliphatic heterocycles. The van der Waals surface area contributed by atoms with Crippen LogP contribution in [0.15, 0.2) is 24.3 Å². The molecule has 0 bridgehead atoms. The summed E-state index contributed by atoms with van der Waals surface area (Å²) in [6.07, 6.45) is 0. The Bertz CT molecular complexity index is 157. The first-order valence-electron chi connectivity index (χ1n) is 2.92. The molecule has 0 aliphatic carbocycles. The van der Waals surface area contributed by atoms with Gasteiger partial charge in [-0.25, -0.2) is 12.1 Å². The van der Waals surface area contributed by atoms with Crippen molar-refractivity contribution in [2.24, 2.45) is 5.73 Å². The number of aliphatic hydroxyl groups is 1. The van der Waals surface area contributed by atoms with Crippen LogP contribution in [0, 0.1) is 0 Å². The van der Waals surface area contributed by atoms with Crippen molar-refractivity contribution in [2.45, 2.75) is 6.04 Å². The Balaban J connectivity index is 2.65. The number of hydrogen-bond donors (Lipinski definition) is 2. The minimum absolute atomic E-state index is 0.0179. The molecule has 1 aromatic carbocycles. The largest absolute Gasteiger partial charge is 0.394 e. The van der Waals surface area contributed by atoms with Crippen molar-refractivity contribution < 1.29 is 5.11 Å². The molecule has 0 unspecified atom stereocenters. The summed E-state index contributed by atoms with van der Waals surface area (Å²) in [6.45, 7) is 0.0179. The molecule has 1 aromatic rings. The fourth-order valence-electron chi connectivity index (χ4n) is 0.741. The van der Waals surface area contributed by atoms with Gasteiger partial charge >= 0.3 is 0 Å². The first kappa shape index (κ1) is 6.39. The van der Waals surface area contributed by atoms with Crippen LogP contribution >= 0.6 is 0 Å². The fourth-order valence-corrected chi connectivity index (χ4v) is 0.741. The van der Waals surface area contributed by atoms with Gasteiger partial charge in [0.2, 0.25) is 0 Å². The van der Waals surface area contributed by atoms with Gasteiger partial charge < -0.3 is 10.8 Å². The third kappa shape index (κ3) is 1.34. The second-order valence-corrected chi connectivity index (χ2v) is 2.01. The predicted molar refractivity (Wildman–Crippen MR) is 36.0 cm³/mol. The molecule has 0 saturated heterocycles. The van der Waals surface area contributed by atoms with E-state index in [2.05, 4.69) is 0 Å². The van der Waals surface area contributed by atoms with Gasteiger partial charge in [-0.15, -0.1) is 5.56 Å². The van der Waals surface area contributed by atoms with Gasteiger partial charge in [0.1, 0.15) is 0 Å². The van der Waals surface area contributed by atoms with Gasteiger partial charge in [0.25, 0.3) is 0 Å². The van der Waals surface area contributed by atoms with Crippen LogP contribution in [0.25, 0.3) is 0 Å². The van der Waals surface area contributed by atoms with Crippen molar-refractivity contribution in [1.82, 2.24) is 0 Å². The van der Waals surface area contributed by atoms with E-state index >= 15 is 0 Å². The first-order chi connectivity index (χ1) is 4.34. The Hall–Kier alpha value is -0.730. The summed E-state index contributed by atoms with van der Waals surface area (Å²) in [5.74, 6) is 0. The van der Waals surface area contributed by atoms with Crippen LogP contribution < -0.4 is 5.73 Å². The second kappa shape index (κ2) is 2.71. The standard InChI is InChI=1S/C7H10NO/c8-7(5-9)6-3-1-2-4-6/h1-4,7,9H,5,8H2/q-1/t7-/m1/s1. The molecule has 0 heterocycles. The van der Waals surface area contributed by atoms with Gasteiger partial charge in [0, 0.05) is 6.04 Å². The van der Waals surface area contributed by atoms with Gasteiger partial charge in [-0.2, -0.15) is 12.1 Å². The average molecular weight is 124 g/mol. The Morgan fingerprint density at radius 1 is 1.78 bits per heavy atom. The Labute approximate surface area is 54.3 Å². The average Bonchev–Trinajstić information content (AvgIpc) is 2.37. The Kier molecular flexibility index (Phi) is 1.92. The lowest BCUT2D eigenvalue weighted by Gasteiger charge is -2.08. The highest BCUT2D eigenvalue weighted by Crippen LogP contribution is 2.08. The van der Waals surface area contributed by atoms with Gasteiger partial charge in [-0.3, -0.25) is 0 Å². The summed E-state index contributed by atoms with van der Waals surface area (Å²) in [4.78, 5) is 0. The number of rotatable bonds is 2. The van der Waals surface area contributed by atoms with E-state index in [0.29, 0.717) is 0 Å². The topological polar surface area (TPSA) is 46.2 Å². The fraction of sp³-hybridized carbons (Fsp3) is 0.286. The lowest BCUT2D eigenvalue weighted by atomic mass is 10.2. The highest BCUT2D eigenvalue weighted by atomic mass is 16.3. The molecule has 0 amide bonds. The summed E-state index contributed by atoms with van der Waals surface area (Å²) in [5, 5.41) is 8.58. The Morgan fingerprint density at radius 3 is 3.00 bits per heavy atom. The van der Waals surface area contributed by atoms with E-state index in [4.69, 9.17) is 10.8 Å². The minimum atomic E-state index is -0.208. The van der Waals surface area contributed by atoms with E-state index in [1.54, 1.807) is 0 Å². The quantitative estimate of drug-likeness (QED) is 0.560. The van der Waals surface area contributed by atoms with Crippen LogP contribution in [0.2, 0.25) is 0 Å². The van der Waals surface area contributed by atoms with Crippen LogP contribution in [-0.2, 0) is 0 Å². The molecule has 1 atom stereocenters. The molecule has 2 heteroatoms. The minimum Gasteiger partial charge on any atom is -0.394 e. The van der Waals surface area contributed by atoms with Crippen molar-refractivity contribution in [2.75, 3.05) is 6.61 Å². The second-order valence-electron chi connectivity index (χ2n) is 2.01. The lowest BCUT2D eigenvalue weighted by molar-refractivity contribution is 0.268. The predicted octanol–water partition coefficient (Wildman–Crippen LogP) is 0.398.